The fraction of sp³-hybridized carbons (Fsp3) is 1.00. The van der Waals surface area contributed by atoms with Gasteiger partial charge < -0.3 is 0 Å². The average Bonchev–Trinajstić information content (AvgIpc) is 1.97. The Morgan fingerprint density at radius 2 is 2.17 bits per heavy atom. The topological polar surface area (TPSA) is 49.4 Å². The lowest BCUT2D eigenvalue weighted by atomic mass is 9.96. The van der Waals surface area contributed by atoms with Gasteiger partial charge in [0.25, 0.3) is 10.2 Å². The fourth-order valence-corrected chi connectivity index (χ4v) is 2.57. The van der Waals surface area contributed by atoms with Crippen LogP contribution in [0.1, 0.15) is 26.7 Å². The number of nitrogens with one attached hydrogen (secondary N) is 1. The van der Waals surface area contributed by atoms with Crippen molar-refractivity contribution in [1.82, 2.24) is 9.03 Å². The first-order valence-electron chi connectivity index (χ1n) is 4.15. The lowest BCUT2D eigenvalue weighted by Gasteiger charge is -2.37. The summed E-state index contributed by atoms with van der Waals surface area (Å²) in [5, 5.41) is 0. The summed E-state index contributed by atoms with van der Waals surface area (Å²) in [5.41, 5.74) is -0.245. The van der Waals surface area contributed by atoms with Crippen molar-refractivity contribution in [2.24, 2.45) is 0 Å². The second-order valence-corrected chi connectivity index (χ2v) is 5.37. The first kappa shape index (κ1) is 9.95. The van der Waals surface area contributed by atoms with Crippen molar-refractivity contribution < 1.29 is 8.42 Å². The van der Waals surface area contributed by atoms with Crippen molar-refractivity contribution in [3.8, 4) is 0 Å². The van der Waals surface area contributed by atoms with E-state index in [1.54, 1.807) is 7.05 Å². The van der Waals surface area contributed by atoms with E-state index in [-0.39, 0.29) is 5.54 Å². The summed E-state index contributed by atoms with van der Waals surface area (Å²) in [4.78, 5) is 0. The number of rotatable bonds is 1. The van der Waals surface area contributed by atoms with E-state index in [9.17, 15) is 8.42 Å². The minimum absolute atomic E-state index is 0.245. The van der Waals surface area contributed by atoms with Crippen molar-refractivity contribution in [2.45, 2.75) is 32.2 Å². The van der Waals surface area contributed by atoms with Crippen LogP contribution in [0.15, 0.2) is 0 Å². The first-order chi connectivity index (χ1) is 5.40. The van der Waals surface area contributed by atoms with E-state index >= 15 is 0 Å². The SMILES string of the molecule is CC[C@@]1(C)CCN(C)S(=O)(=O)N1. The van der Waals surface area contributed by atoms with Gasteiger partial charge in [-0.25, -0.2) is 0 Å². The molecule has 0 amide bonds. The Balaban J connectivity index is 2.83. The van der Waals surface area contributed by atoms with Crippen LogP contribution < -0.4 is 4.72 Å². The lowest BCUT2D eigenvalue weighted by molar-refractivity contribution is 0.291. The molecule has 72 valence electrons. The van der Waals surface area contributed by atoms with Crippen molar-refractivity contribution in [3.63, 3.8) is 0 Å². The zero-order valence-corrected chi connectivity index (χ0v) is 8.61. The normalized spacial score (nSPS) is 36.6. The molecular formula is C7H16N2O2S. The number of hydrogen-bond donors (Lipinski definition) is 1. The molecule has 1 aliphatic rings. The Kier molecular flexibility index (Phi) is 2.47. The summed E-state index contributed by atoms with van der Waals surface area (Å²) in [5.74, 6) is 0. The van der Waals surface area contributed by atoms with E-state index in [2.05, 4.69) is 4.72 Å². The van der Waals surface area contributed by atoms with Gasteiger partial charge in [-0.3, -0.25) is 0 Å². The van der Waals surface area contributed by atoms with Crippen LogP contribution in [0.2, 0.25) is 0 Å². The molecule has 1 heterocycles. The predicted octanol–water partition coefficient (Wildman–Crippen LogP) is 0.325. The highest BCUT2D eigenvalue weighted by Crippen LogP contribution is 2.21. The van der Waals surface area contributed by atoms with Crippen LogP contribution in [0.3, 0.4) is 0 Å². The van der Waals surface area contributed by atoms with Gasteiger partial charge in [0.2, 0.25) is 0 Å². The third-order valence-electron chi connectivity index (χ3n) is 2.54. The van der Waals surface area contributed by atoms with Crippen LogP contribution in [-0.4, -0.2) is 31.9 Å². The highest BCUT2D eigenvalue weighted by atomic mass is 32.2. The molecule has 0 aromatic rings. The molecule has 1 aliphatic heterocycles. The minimum Gasteiger partial charge on any atom is -0.196 e. The molecule has 1 saturated heterocycles. The molecule has 1 N–H and O–H groups in total. The van der Waals surface area contributed by atoms with Gasteiger partial charge in [0.1, 0.15) is 0 Å². The Bertz CT molecular complexity index is 263. The molecule has 0 aromatic heterocycles. The van der Waals surface area contributed by atoms with Crippen molar-refractivity contribution in [3.05, 3.63) is 0 Å². The van der Waals surface area contributed by atoms with Gasteiger partial charge in [-0.05, 0) is 19.8 Å². The molecule has 0 spiro atoms. The summed E-state index contributed by atoms with van der Waals surface area (Å²) in [6, 6.07) is 0. The second-order valence-electron chi connectivity index (χ2n) is 3.59. The minimum atomic E-state index is -3.20. The van der Waals surface area contributed by atoms with Crippen LogP contribution in [0.4, 0.5) is 0 Å². The molecule has 1 rings (SSSR count). The van der Waals surface area contributed by atoms with E-state index in [1.807, 2.05) is 13.8 Å². The van der Waals surface area contributed by atoms with Crippen molar-refractivity contribution in [2.75, 3.05) is 13.6 Å². The predicted molar refractivity (Wildman–Crippen MR) is 48.0 cm³/mol. The molecular weight excluding hydrogens is 176 g/mol. The summed E-state index contributed by atoms with van der Waals surface area (Å²) >= 11 is 0. The maximum atomic E-state index is 11.4. The Hall–Kier alpha value is -0.130. The van der Waals surface area contributed by atoms with E-state index in [0.717, 1.165) is 12.8 Å². The molecule has 0 unspecified atom stereocenters. The third kappa shape index (κ3) is 1.78. The van der Waals surface area contributed by atoms with Crippen LogP contribution in [0, 0.1) is 0 Å². The molecule has 0 aliphatic carbocycles. The highest BCUT2D eigenvalue weighted by molar-refractivity contribution is 7.87. The van der Waals surface area contributed by atoms with Crippen LogP contribution in [0.5, 0.6) is 0 Å². The van der Waals surface area contributed by atoms with Gasteiger partial charge in [0.05, 0.1) is 0 Å². The highest BCUT2D eigenvalue weighted by Gasteiger charge is 2.35. The van der Waals surface area contributed by atoms with Gasteiger partial charge in [0, 0.05) is 19.1 Å². The number of hydrogen-bond acceptors (Lipinski definition) is 2. The van der Waals surface area contributed by atoms with E-state index < -0.39 is 10.2 Å². The van der Waals surface area contributed by atoms with Gasteiger partial charge >= 0.3 is 0 Å². The van der Waals surface area contributed by atoms with Crippen LogP contribution >= 0.6 is 0 Å². The maximum Gasteiger partial charge on any atom is 0.279 e. The second kappa shape index (κ2) is 2.97. The largest absolute Gasteiger partial charge is 0.279 e. The molecule has 1 atom stereocenters. The average molecular weight is 192 g/mol. The molecule has 0 radical (unpaired) electrons. The molecule has 4 nitrogen and oxygen atoms in total. The van der Waals surface area contributed by atoms with Crippen LogP contribution in [0.25, 0.3) is 0 Å². The molecule has 0 bridgehead atoms. The lowest BCUT2D eigenvalue weighted by Crippen LogP contribution is -2.56. The van der Waals surface area contributed by atoms with Gasteiger partial charge in [-0.2, -0.15) is 17.4 Å². The fourth-order valence-electron chi connectivity index (χ4n) is 1.21. The van der Waals surface area contributed by atoms with Gasteiger partial charge in [-0.1, -0.05) is 6.92 Å². The number of nitrogens with zero attached hydrogens (tertiary/aromatic N) is 1. The molecule has 5 heteroatoms. The summed E-state index contributed by atoms with van der Waals surface area (Å²) in [6.45, 7) is 4.55. The summed E-state index contributed by atoms with van der Waals surface area (Å²) in [6.07, 6.45) is 1.71. The van der Waals surface area contributed by atoms with Crippen LogP contribution in [-0.2, 0) is 10.2 Å². The standard InChI is InChI=1S/C7H16N2O2S/c1-4-7(2)5-6-9(3)12(10,11)8-7/h8H,4-6H2,1-3H3/t7-/m0/s1. The van der Waals surface area contributed by atoms with E-state index in [1.165, 1.54) is 4.31 Å². The van der Waals surface area contributed by atoms with E-state index in [0.29, 0.717) is 6.54 Å². The Labute approximate surface area is 74.1 Å². The summed E-state index contributed by atoms with van der Waals surface area (Å²) < 4.78 is 26.8. The molecule has 12 heavy (non-hydrogen) atoms. The molecule has 0 aromatic carbocycles. The first-order valence-corrected chi connectivity index (χ1v) is 5.59. The van der Waals surface area contributed by atoms with Gasteiger partial charge in [0.15, 0.2) is 0 Å². The Morgan fingerprint density at radius 1 is 1.58 bits per heavy atom. The molecule has 1 fully saturated rings. The zero-order valence-electron chi connectivity index (χ0n) is 7.79. The Morgan fingerprint density at radius 3 is 2.58 bits per heavy atom. The smallest absolute Gasteiger partial charge is 0.196 e. The third-order valence-corrected chi connectivity index (χ3v) is 4.30. The zero-order chi connectivity index (χ0) is 9.41. The van der Waals surface area contributed by atoms with Crippen molar-refractivity contribution in [1.29, 1.82) is 0 Å². The monoisotopic (exact) mass is 192 g/mol. The molecule has 0 saturated carbocycles. The quantitative estimate of drug-likeness (QED) is 0.650. The maximum absolute atomic E-state index is 11.4. The van der Waals surface area contributed by atoms with E-state index in [4.69, 9.17) is 0 Å². The summed E-state index contributed by atoms with van der Waals surface area (Å²) in [7, 11) is -1.60. The van der Waals surface area contributed by atoms with Crippen molar-refractivity contribution >= 4 is 10.2 Å². The van der Waals surface area contributed by atoms with Gasteiger partial charge in [-0.15, -0.1) is 0 Å².